The van der Waals surface area contributed by atoms with Gasteiger partial charge < -0.3 is 15.0 Å². The molecule has 2 heterocycles. The number of fused-ring (bicyclic) bond motifs is 1. The van der Waals surface area contributed by atoms with Gasteiger partial charge in [-0.15, -0.1) is 0 Å². The summed E-state index contributed by atoms with van der Waals surface area (Å²) in [6.45, 7) is 6.96. The number of nitrogens with zero attached hydrogens (tertiary/aromatic N) is 1. The number of nitrogens with one attached hydrogen (secondary N) is 1. The third-order valence-corrected chi connectivity index (χ3v) is 4.75. The standard InChI is InChI=1S/C18H28N2O/c1-4-11-20(12-5-1)13-6-10-19-15-16-9-14-21-18-8-3-2-7-17(16)18/h2-3,7-8,16,19H,1,4-6,9-15H2. The van der Waals surface area contributed by atoms with Crippen molar-refractivity contribution in [3.05, 3.63) is 29.8 Å². The lowest BCUT2D eigenvalue weighted by molar-refractivity contribution is 0.225. The molecule has 116 valence electrons. The molecule has 3 rings (SSSR count). The minimum atomic E-state index is 0.616. The van der Waals surface area contributed by atoms with Crippen LogP contribution >= 0.6 is 0 Å². The normalized spacial score (nSPS) is 22.6. The van der Waals surface area contributed by atoms with Crippen molar-refractivity contribution in [2.24, 2.45) is 0 Å². The van der Waals surface area contributed by atoms with E-state index in [0.29, 0.717) is 5.92 Å². The van der Waals surface area contributed by atoms with Gasteiger partial charge in [-0.3, -0.25) is 0 Å². The second-order valence-corrected chi connectivity index (χ2v) is 6.33. The van der Waals surface area contributed by atoms with E-state index in [2.05, 4.69) is 34.5 Å². The molecule has 0 aromatic heterocycles. The van der Waals surface area contributed by atoms with E-state index in [0.717, 1.165) is 31.9 Å². The topological polar surface area (TPSA) is 24.5 Å². The molecule has 1 saturated heterocycles. The molecule has 1 aromatic carbocycles. The molecule has 0 radical (unpaired) electrons. The minimum Gasteiger partial charge on any atom is -0.493 e. The fourth-order valence-corrected chi connectivity index (χ4v) is 3.51. The van der Waals surface area contributed by atoms with Gasteiger partial charge >= 0.3 is 0 Å². The van der Waals surface area contributed by atoms with Crippen molar-refractivity contribution >= 4 is 0 Å². The van der Waals surface area contributed by atoms with Gasteiger partial charge in [0.05, 0.1) is 6.61 Å². The monoisotopic (exact) mass is 288 g/mol. The van der Waals surface area contributed by atoms with Gasteiger partial charge in [0.2, 0.25) is 0 Å². The van der Waals surface area contributed by atoms with Crippen molar-refractivity contribution in [3.8, 4) is 5.75 Å². The predicted molar refractivity (Wildman–Crippen MR) is 87.1 cm³/mol. The van der Waals surface area contributed by atoms with E-state index in [9.17, 15) is 0 Å². The number of rotatable bonds is 6. The molecule has 0 amide bonds. The first kappa shape index (κ1) is 14.9. The fraction of sp³-hybridized carbons (Fsp3) is 0.667. The van der Waals surface area contributed by atoms with E-state index in [4.69, 9.17) is 4.74 Å². The smallest absolute Gasteiger partial charge is 0.122 e. The van der Waals surface area contributed by atoms with Crippen LogP contribution in [0, 0.1) is 0 Å². The Balaban J connectivity index is 1.36. The average molecular weight is 288 g/mol. The lowest BCUT2D eigenvalue weighted by atomic mass is 9.93. The first-order valence-electron chi connectivity index (χ1n) is 8.58. The van der Waals surface area contributed by atoms with E-state index in [1.165, 1.54) is 50.9 Å². The Morgan fingerprint density at radius 3 is 2.90 bits per heavy atom. The van der Waals surface area contributed by atoms with Gasteiger partial charge in [-0.25, -0.2) is 0 Å². The van der Waals surface area contributed by atoms with Crippen LogP contribution in [0.3, 0.4) is 0 Å². The summed E-state index contributed by atoms with van der Waals surface area (Å²) in [4.78, 5) is 2.62. The molecule has 2 aliphatic rings. The molecule has 1 fully saturated rings. The number of ether oxygens (including phenoxy) is 1. The van der Waals surface area contributed by atoms with Crippen molar-refractivity contribution in [3.63, 3.8) is 0 Å². The molecule has 0 bridgehead atoms. The van der Waals surface area contributed by atoms with E-state index in [-0.39, 0.29) is 0 Å². The van der Waals surface area contributed by atoms with Crippen molar-refractivity contribution < 1.29 is 4.74 Å². The Bertz CT molecular complexity index is 429. The summed E-state index contributed by atoms with van der Waals surface area (Å²) in [6, 6.07) is 8.50. The van der Waals surface area contributed by atoms with Crippen molar-refractivity contribution in [1.29, 1.82) is 0 Å². The van der Waals surface area contributed by atoms with Gasteiger partial charge in [0.25, 0.3) is 0 Å². The van der Waals surface area contributed by atoms with Gasteiger partial charge in [-0.1, -0.05) is 24.6 Å². The molecule has 0 aliphatic carbocycles. The molecule has 1 atom stereocenters. The quantitative estimate of drug-likeness (QED) is 0.814. The Kier molecular flexibility index (Phi) is 5.53. The molecule has 0 spiro atoms. The second kappa shape index (κ2) is 7.81. The van der Waals surface area contributed by atoms with Crippen LogP contribution in [0.2, 0.25) is 0 Å². The van der Waals surface area contributed by atoms with E-state index in [1.807, 2.05) is 0 Å². The van der Waals surface area contributed by atoms with Gasteiger partial charge in [-0.05, 0) is 63.5 Å². The highest BCUT2D eigenvalue weighted by molar-refractivity contribution is 5.37. The number of piperidine rings is 1. The van der Waals surface area contributed by atoms with E-state index >= 15 is 0 Å². The highest BCUT2D eigenvalue weighted by Gasteiger charge is 2.20. The molecule has 1 N–H and O–H groups in total. The second-order valence-electron chi connectivity index (χ2n) is 6.33. The predicted octanol–water partition coefficient (Wildman–Crippen LogP) is 3.02. The van der Waals surface area contributed by atoms with Crippen LogP contribution in [0.25, 0.3) is 0 Å². The summed E-state index contributed by atoms with van der Waals surface area (Å²) < 4.78 is 5.73. The third-order valence-electron chi connectivity index (χ3n) is 4.75. The third kappa shape index (κ3) is 4.21. The zero-order chi connectivity index (χ0) is 14.3. The highest BCUT2D eigenvalue weighted by Crippen LogP contribution is 2.32. The molecule has 3 nitrogen and oxygen atoms in total. The number of likely N-dealkylation sites (tertiary alicyclic amines) is 1. The van der Waals surface area contributed by atoms with Gasteiger partial charge in [0.15, 0.2) is 0 Å². The Morgan fingerprint density at radius 1 is 1.14 bits per heavy atom. The van der Waals surface area contributed by atoms with Crippen molar-refractivity contribution in [1.82, 2.24) is 10.2 Å². The number of hydrogen-bond donors (Lipinski definition) is 1. The van der Waals surface area contributed by atoms with Crippen molar-refractivity contribution in [2.75, 3.05) is 39.3 Å². The average Bonchev–Trinajstić information content (AvgIpc) is 2.56. The summed E-state index contributed by atoms with van der Waals surface area (Å²) in [5.41, 5.74) is 1.38. The van der Waals surface area contributed by atoms with E-state index in [1.54, 1.807) is 0 Å². The molecule has 21 heavy (non-hydrogen) atoms. The maximum atomic E-state index is 5.73. The summed E-state index contributed by atoms with van der Waals surface area (Å²) in [7, 11) is 0. The maximum absolute atomic E-state index is 5.73. The van der Waals surface area contributed by atoms with E-state index < -0.39 is 0 Å². The van der Waals surface area contributed by atoms with Crippen LogP contribution in [0.1, 0.15) is 43.6 Å². The molecular formula is C18H28N2O. The first-order valence-corrected chi connectivity index (χ1v) is 8.58. The molecule has 0 saturated carbocycles. The zero-order valence-electron chi connectivity index (χ0n) is 13.0. The van der Waals surface area contributed by atoms with Crippen LogP contribution < -0.4 is 10.1 Å². The minimum absolute atomic E-state index is 0.616. The van der Waals surface area contributed by atoms with Crippen LogP contribution in [0.4, 0.5) is 0 Å². The van der Waals surface area contributed by atoms with Gasteiger partial charge in [-0.2, -0.15) is 0 Å². The van der Waals surface area contributed by atoms with Crippen molar-refractivity contribution in [2.45, 2.75) is 38.0 Å². The number of para-hydroxylation sites is 1. The number of hydrogen-bond acceptors (Lipinski definition) is 3. The number of benzene rings is 1. The van der Waals surface area contributed by atoms with Crippen LogP contribution in [0.5, 0.6) is 5.75 Å². The highest BCUT2D eigenvalue weighted by atomic mass is 16.5. The Morgan fingerprint density at radius 2 is 2.00 bits per heavy atom. The summed E-state index contributed by atoms with van der Waals surface area (Å²) in [5.74, 6) is 1.70. The molecular weight excluding hydrogens is 260 g/mol. The first-order chi connectivity index (χ1) is 10.4. The largest absolute Gasteiger partial charge is 0.493 e. The molecule has 3 heteroatoms. The summed E-state index contributed by atoms with van der Waals surface area (Å²) in [6.07, 6.45) is 6.62. The Labute approximate surface area is 128 Å². The summed E-state index contributed by atoms with van der Waals surface area (Å²) >= 11 is 0. The fourth-order valence-electron chi connectivity index (χ4n) is 3.51. The zero-order valence-corrected chi connectivity index (χ0v) is 13.0. The Hall–Kier alpha value is -1.06. The molecule has 2 aliphatic heterocycles. The maximum Gasteiger partial charge on any atom is 0.122 e. The van der Waals surface area contributed by atoms with Crippen LogP contribution in [0.15, 0.2) is 24.3 Å². The van der Waals surface area contributed by atoms with Crippen LogP contribution in [-0.4, -0.2) is 44.2 Å². The lowest BCUT2D eigenvalue weighted by Gasteiger charge is -2.27. The summed E-state index contributed by atoms with van der Waals surface area (Å²) in [5, 5.41) is 3.65. The molecule has 1 aromatic rings. The van der Waals surface area contributed by atoms with Gasteiger partial charge in [0.1, 0.15) is 5.75 Å². The lowest BCUT2D eigenvalue weighted by Crippen LogP contribution is -2.33. The SMILES string of the molecule is c1ccc2c(c1)OCCC2CNCCCN1CCCCC1. The van der Waals surface area contributed by atoms with Crippen LogP contribution in [-0.2, 0) is 0 Å². The molecule has 1 unspecified atom stereocenters. The van der Waals surface area contributed by atoms with Gasteiger partial charge in [0, 0.05) is 12.5 Å².